The molecule has 1 aromatic carbocycles. The molecule has 1 aliphatic carbocycles. The summed E-state index contributed by atoms with van der Waals surface area (Å²) >= 11 is 0. The highest BCUT2D eigenvalue weighted by atomic mass is 16.4. The first-order valence-electron chi connectivity index (χ1n) is 6.55. The number of carbonyl (C=O) groups is 3. The summed E-state index contributed by atoms with van der Waals surface area (Å²) in [7, 11) is 0. The van der Waals surface area contributed by atoms with Crippen LogP contribution in [-0.2, 0) is 4.79 Å². The average Bonchev–Trinajstić information content (AvgIpc) is 2.85. The normalized spacial score (nSPS) is 21.0. The zero-order valence-electron chi connectivity index (χ0n) is 11.2. The van der Waals surface area contributed by atoms with E-state index in [1.165, 1.54) is 12.1 Å². The highest BCUT2D eigenvalue weighted by molar-refractivity contribution is 5.99. The van der Waals surface area contributed by atoms with Crippen LogP contribution >= 0.6 is 0 Å². The quantitative estimate of drug-likeness (QED) is 0.658. The smallest absolute Gasteiger partial charge is 0.335 e. The number of carboxylic acids is 2. The fraction of sp³-hybridized carbons (Fsp3) is 0.357. The van der Waals surface area contributed by atoms with Crippen LogP contribution in [0.1, 0.15) is 40.0 Å². The Morgan fingerprint density at radius 1 is 1.05 bits per heavy atom. The summed E-state index contributed by atoms with van der Waals surface area (Å²) in [6.45, 7) is 0. The number of carboxylic acid groups (broad SMARTS) is 2. The van der Waals surface area contributed by atoms with Gasteiger partial charge in [-0.2, -0.15) is 0 Å². The zero-order valence-corrected chi connectivity index (χ0v) is 11.2. The fourth-order valence-corrected chi connectivity index (χ4v) is 2.45. The van der Waals surface area contributed by atoms with Crippen molar-refractivity contribution in [3.05, 3.63) is 29.3 Å². The molecule has 2 atom stereocenters. The fourth-order valence-electron chi connectivity index (χ4n) is 2.45. The number of hydrogen-bond acceptors (Lipinski definition) is 4. The van der Waals surface area contributed by atoms with E-state index in [4.69, 9.17) is 15.9 Å². The van der Waals surface area contributed by atoms with Crippen molar-refractivity contribution in [2.24, 2.45) is 11.7 Å². The first-order chi connectivity index (χ1) is 9.86. The Balaban J connectivity index is 2.20. The molecule has 2 unspecified atom stereocenters. The van der Waals surface area contributed by atoms with Gasteiger partial charge in [-0.15, -0.1) is 0 Å². The molecule has 0 aliphatic heterocycles. The Hall–Kier alpha value is -2.41. The molecule has 0 bridgehead atoms. The van der Waals surface area contributed by atoms with Crippen LogP contribution in [0, 0.1) is 5.92 Å². The number of benzene rings is 1. The largest absolute Gasteiger partial charge is 0.478 e. The maximum absolute atomic E-state index is 12.1. The van der Waals surface area contributed by atoms with Crippen LogP contribution in [0.4, 0.5) is 5.69 Å². The maximum atomic E-state index is 12.1. The van der Waals surface area contributed by atoms with Gasteiger partial charge < -0.3 is 21.3 Å². The molecule has 0 radical (unpaired) electrons. The summed E-state index contributed by atoms with van der Waals surface area (Å²) in [5, 5.41) is 20.5. The van der Waals surface area contributed by atoms with Gasteiger partial charge in [0.05, 0.1) is 11.1 Å². The van der Waals surface area contributed by atoms with Gasteiger partial charge in [0.1, 0.15) is 0 Å². The Kier molecular flexibility index (Phi) is 4.23. The molecule has 7 heteroatoms. The molecule has 0 spiro atoms. The third-order valence-corrected chi connectivity index (χ3v) is 3.54. The van der Waals surface area contributed by atoms with E-state index >= 15 is 0 Å². The summed E-state index contributed by atoms with van der Waals surface area (Å²) in [5.41, 5.74) is 5.54. The monoisotopic (exact) mass is 292 g/mol. The van der Waals surface area contributed by atoms with E-state index < -0.39 is 11.9 Å². The van der Waals surface area contributed by atoms with Crippen LogP contribution in [0.5, 0.6) is 0 Å². The second kappa shape index (κ2) is 5.92. The van der Waals surface area contributed by atoms with Gasteiger partial charge in [-0.25, -0.2) is 9.59 Å². The van der Waals surface area contributed by atoms with Crippen molar-refractivity contribution in [1.29, 1.82) is 0 Å². The molecule has 1 amide bonds. The molecule has 1 aromatic rings. The van der Waals surface area contributed by atoms with Crippen molar-refractivity contribution in [2.45, 2.75) is 25.3 Å². The molecule has 7 nitrogen and oxygen atoms in total. The minimum absolute atomic E-state index is 0.000634. The lowest BCUT2D eigenvalue weighted by molar-refractivity contribution is -0.119. The van der Waals surface area contributed by atoms with E-state index in [9.17, 15) is 14.4 Å². The van der Waals surface area contributed by atoms with Gasteiger partial charge in [0.25, 0.3) is 0 Å². The second-order valence-electron chi connectivity index (χ2n) is 5.17. The van der Waals surface area contributed by atoms with Gasteiger partial charge >= 0.3 is 11.9 Å². The van der Waals surface area contributed by atoms with Crippen LogP contribution in [0.2, 0.25) is 0 Å². The van der Waals surface area contributed by atoms with Crippen molar-refractivity contribution in [2.75, 3.05) is 5.32 Å². The summed E-state index contributed by atoms with van der Waals surface area (Å²) in [5.74, 6) is -2.99. The third-order valence-electron chi connectivity index (χ3n) is 3.54. The highest BCUT2D eigenvalue weighted by Gasteiger charge is 2.28. The average molecular weight is 292 g/mol. The molecule has 1 fully saturated rings. The number of hydrogen-bond donors (Lipinski definition) is 4. The van der Waals surface area contributed by atoms with Crippen molar-refractivity contribution >= 4 is 23.5 Å². The maximum Gasteiger partial charge on any atom is 0.335 e. The molecule has 0 aromatic heterocycles. The predicted octanol–water partition coefficient (Wildman–Crippen LogP) is 1.15. The number of amides is 1. The second-order valence-corrected chi connectivity index (χ2v) is 5.17. The van der Waals surface area contributed by atoms with E-state index in [1.54, 1.807) is 0 Å². The lowest BCUT2D eigenvalue weighted by atomic mass is 10.1. The van der Waals surface area contributed by atoms with Gasteiger partial charge in [0.15, 0.2) is 0 Å². The topological polar surface area (TPSA) is 130 Å². The van der Waals surface area contributed by atoms with E-state index in [2.05, 4.69) is 5.32 Å². The Bertz CT molecular complexity index is 567. The van der Waals surface area contributed by atoms with Crippen molar-refractivity contribution < 1.29 is 24.6 Å². The Morgan fingerprint density at radius 3 is 2.05 bits per heavy atom. The SMILES string of the molecule is NC1CCC(C(=O)Nc2cc(C(=O)O)cc(C(=O)O)c2)C1. The van der Waals surface area contributed by atoms with Crippen LogP contribution in [0.15, 0.2) is 18.2 Å². The number of nitrogens with one attached hydrogen (secondary N) is 1. The van der Waals surface area contributed by atoms with E-state index in [-0.39, 0.29) is 34.7 Å². The Labute approximate surface area is 120 Å². The number of anilines is 1. The molecule has 1 aliphatic rings. The highest BCUT2D eigenvalue weighted by Crippen LogP contribution is 2.26. The van der Waals surface area contributed by atoms with Gasteiger partial charge in [0.2, 0.25) is 5.91 Å². The number of nitrogens with two attached hydrogens (primary N) is 1. The number of rotatable bonds is 4. The molecular weight excluding hydrogens is 276 g/mol. The van der Waals surface area contributed by atoms with Crippen LogP contribution in [-0.4, -0.2) is 34.1 Å². The minimum Gasteiger partial charge on any atom is -0.478 e. The zero-order chi connectivity index (χ0) is 15.6. The molecule has 0 heterocycles. The summed E-state index contributed by atoms with van der Waals surface area (Å²) in [4.78, 5) is 34.0. The minimum atomic E-state index is -1.25. The van der Waals surface area contributed by atoms with Gasteiger partial charge in [-0.05, 0) is 37.5 Å². The summed E-state index contributed by atoms with van der Waals surface area (Å²) in [6, 6.07) is 3.52. The first-order valence-corrected chi connectivity index (χ1v) is 6.55. The lowest BCUT2D eigenvalue weighted by Gasteiger charge is -2.12. The Morgan fingerprint density at radius 2 is 1.62 bits per heavy atom. The molecular formula is C14H16N2O5. The van der Waals surface area contributed by atoms with Crippen molar-refractivity contribution in [3.63, 3.8) is 0 Å². The summed E-state index contributed by atoms with van der Waals surface area (Å²) < 4.78 is 0. The van der Waals surface area contributed by atoms with Crippen LogP contribution in [0.25, 0.3) is 0 Å². The van der Waals surface area contributed by atoms with Gasteiger partial charge in [-0.1, -0.05) is 0 Å². The molecule has 0 saturated heterocycles. The first kappa shape index (κ1) is 15.0. The van der Waals surface area contributed by atoms with Crippen LogP contribution in [0.3, 0.4) is 0 Å². The number of carbonyl (C=O) groups excluding carboxylic acids is 1. The van der Waals surface area contributed by atoms with E-state index in [1.807, 2.05) is 0 Å². The molecule has 21 heavy (non-hydrogen) atoms. The molecule has 5 N–H and O–H groups in total. The molecule has 112 valence electrons. The molecule has 2 rings (SSSR count). The predicted molar refractivity (Wildman–Crippen MR) is 74.3 cm³/mol. The molecule has 1 saturated carbocycles. The standard InChI is InChI=1S/C14H16N2O5/c15-10-2-1-7(4-10)12(17)16-11-5-8(13(18)19)3-9(6-11)14(20)21/h3,5-7,10H,1-2,4,15H2,(H,16,17)(H,18,19)(H,20,21). The van der Waals surface area contributed by atoms with Crippen molar-refractivity contribution in [1.82, 2.24) is 0 Å². The van der Waals surface area contributed by atoms with E-state index in [0.29, 0.717) is 12.8 Å². The lowest BCUT2D eigenvalue weighted by Crippen LogP contribution is -2.23. The van der Waals surface area contributed by atoms with Crippen LogP contribution < -0.4 is 11.1 Å². The van der Waals surface area contributed by atoms with Gasteiger partial charge in [0, 0.05) is 17.6 Å². The van der Waals surface area contributed by atoms with Crippen molar-refractivity contribution in [3.8, 4) is 0 Å². The van der Waals surface area contributed by atoms with E-state index in [0.717, 1.165) is 12.5 Å². The van der Waals surface area contributed by atoms with Gasteiger partial charge in [-0.3, -0.25) is 4.79 Å². The third kappa shape index (κ3) is 3.57. The number of aromatic carboxylic acids is 2. The summed E-state index contributed by atoms with van der Waals surface area (Å²) in [6.07, 6.45) is 2.03.